The van der Waals surface area contributed by atoms with Crippen molar-refractivity contribution in [2.45, 2.75) is 39.2 Å². The standard InChI is InChI=1S/C23H27NO3/c1-17(14-19-9-5-3-6-10-19)13-18(2)22(25)24-21(16-27-23(24)26)15-20-11-7-4-8-12-20/h3-12,17-18,21H,13-16H2,1-2H3/t17-,18+,21-/m1/s1. The summed E-state index contributed by atoms with van der Waals surface area (Å²) in [6.07, 6.45) is 1.79. The molecular formula is C23H27NO3. The third kappa shape index (κ3) is 4.97. The van der Waals surface area contributed by atoms with E-state index in [0.29, 0.717) is 12.3 Å². The summed E-state index contributed by atoms with van der Waals surface area (Å²) in [6.45, 7) is 4.33. The van der Waals surface area contributed by atoms with Gasteiger partial charge in [-0.3, -0.25) is 4.79 Å². The van der Waals surface area contributed by atoms with E-state index in [2.05, 4.69) is 19.1 Å². The lowest BCUT2D eigenvalue weighted by Gasteiger charge is -2.24. The van der Waals surface area contributed by atoms with E-state index in [9.17, 15) is 9.59 Å². The van der Waals surface area contributed by atoms with Crippen LogP contribution in [0.1, 0.15) is 31.4 Å². The van der Waals surface area contributed by atoms with Crippen molar-refractivity contribution in [3.05, 3.63) is 71.8 Å². The maximum atomic E-state index is 13.0. The molecule has 0 saturated carbocycles. The van der Waals surface area contributed by atoms with E-state index < -0.39 is 6.09 Å². The molecule has 142 valence electrons. The van der Waals surface area contributed by atoms with Crippen LogP contribution in [-0.4, -0.2) is 29.5 Å². The molecule has 1 fully saturated rings. The zero-order chi connectivity index (χ0) is 19.2. The van der Waals surface area contributed by atoms with Crippen LogP contribution in [0.5, 0.6) is 0 Å². The lowest BCUT2D eigenvalue weighted by Crippen LogP contribution is -2.43. The van der Waals surface area contributed by atoms with Crippen molar-refractivity contribution in [1.29, 1.82) is 0 Å². The third-order valence-corrected chi connectivity index (χ3v) is 5.12. The van der Waals surface area contributed by atoms with Crippen molar-refractivity contribution < 1.29 is 14.3 Å². The van der Waals surface area contributed by atoms with Gasteiger partial charge < -0.3 is 4.74 Å². The number of imide groups is 1. The Morgan fingerprint density at radius 2 is 1.63 bits per heavy atom. The quantitative estimate of drug-likeness (QED) is 0.727. The summed E-state index contributed by atoms with van der Waals surface area (Å²) in [7, 11) is 0. The Labute approximate surface area is 161 Å². The molecule has 1 aliphatic rings. The van der Waals surface area contributed by atoms with E-state index in [4.69, 9.17) is 4.74 Å². The average Bonchev–Trinajstić information content (AvgIpc) is 3.02. The summed E-state index contributed by atoms with van der Waals surface area (Å²) >= 11 is 0. The van der Waals surface area contributed by atoms with Crippen LogP contribution in [-0.2, 0) is 22.4 Å². The SMILES string of the molecule is C[C@@H](Cc1ccccc1)C[C@H](C)C(=O)N1C(=O)OC[C@H]1Cc1ccccc1. The average molecular weight is 365 g/mol. The Balaban J connectivity index is 1.60. The number of benzene rings is 2. The van der Waals surface area contributed by atoms with Gasteiger partial charge in [-0.05, 0) is 36.3 Å². The van der Waals surface area contributed by atoms with Crippen LogP contribution in [0.4, 0.5) is 4.79 Å². The highest BCUT2D eigenvalue weighted by Gasteiger charge is 2.39. The van der Waals surface area contributed by atoms with E-state index in [1.807, 2.05) is 55.5 Å². The first-order chi connectivity index (χ1) is 13.0. The summed E-state index contributed by atoms with van der Waals surface area (Å²) in [5, 5.41) is 0. The van der Waals surface area contributed by atoms with E-state index in [-0.39, 0.29) is 24.5 Å². The van der Waals surface area contributed by atoms with Crippen molar-refractivity contribution in [3.8, 4) is 0 Å². The Bertz CT molecular complexity index is 760. The first-order valence-corrected chi connectivity index (χ1v) is 9.62. The van der Waals surface area contributed by atoms with Crippen LogP contribution in [0.3, 0.4) is 0 Å². The molecule has 0 aromatic heterocycles. The highest BCUT2D eigenvalue weighted by Crippen LogP contribution is 2.24. The van der Waals surface area contributed by atoms with Gasteiger partial charge in [-0.2, -0.15) is 0 Å². The lowest BCUT2D eigenvalue weighted by molar-refractivity contribution is -0.133. The minimum Gasteiger partial charge on any atom is -0.447 e. The number of hydrogen-bond donors (Lipinski definition) is 0. The monoisotopic (exact) mass is 365 g/mol. The van der Waals surface area contributed by atoms with Crippen LogP contribution in [0.25, 0.3) is 0 Å². The highest BCUT2D eigenvalue weighted by molar-refractivity contribution is 5.94. The first-order valence-electron chi connectivity index (χ1n) is 9.62. The smallest absolute Gasteiger partial charge is 0.416 e. The molecule has 3 atom stereocenters. The van der Waals surface area contributed by atoms with Crippen molar-refractivity contribution in [3.63, 3.8) is 0 Å². The molecule has 1 aliphatic heterocycles. The van der Waals surface area contributed by atoms with Crippen molar-refractivity contribution in [1.82, 2.24) is 4.90 Å². The molecule has 4 heteroatoms. The van der Waals surface area contributed by atoms with Gasteiger partial charge in [0.15, 0.2) is 0 Å². The number of ether oxygens (including phenoxy) is 1. The summed E-state index contributed by atoms with van der Waals surface area (Å²) in [6, 6.07) is 20.0. The van der Waals surface area contributed by atoms with Crippen molar-refractivity contribution in [2.75, 3.05) is 6.61 Å². The second kappa shape index (κ2) is 8.85. The Kier molecular flexibility index (Phi) is 6.28. The molecule has 0 aliphatic carbocycles. The normalized spacial score (nSPS) is 18.8. The van der Waals surface area contributed by atoms with Gasteiger partial charge in [0.25, 0.3) is 0 Å². The summed E-state index contributed by atoms with van der Waals surface area (Å²) in [5.74, 6) is 0.0172. The number of cyclic esters (lactones) is 1. The van der Waals surface area contributed by atoms with Gasteiger partial charge in [0.2, 0.25) is 5.91 Å². The molecule has 0 bridgehead atoms. The molecule has 2 aromatic carbocycles. The van der Waals surface area contributed by atoms with Gasteiger partial charge in [0.1, 0.15) is 6.61 Å². The first kappa shape index (κ1) is 19.2. The fourth-order valence-corrected chi connectivity index (χ4v) is 3.81. The largest absolute Gasteiger partial charge is 0.447 e. The fourth-order valence-electron chi connectivity index (χ4n) is 3.81. The lowest BCUT2D eigenvalue weighted by atomic mass is 9.90. The number of rotatable bonds is 7. The maximum absolute atomic E-state index is 13.0. The van der Waals surface area contributed by atoms with Gasteiger partial charge in [0, 0.05) is 5.92 Å². The second-order valence-corrected chi connectivity index (χ2v) is 7.56. The van der Waals surface area contributed by atoms with Crippen molar-refractivity contribution >= 4 is 12.0 Å². The second-order valence-electron chi connectivity index (χ2n) is 7.56. The van der Waals surface area contributed by atoms with Gasteiger partial charge in [-0.1, -0.05) is 74.5 Å². The molecule has 0 radical (unpaired) electrons. The maximum Gasteiger partial charge on any atom is 0.416 e. The molecule has 1 saturated heterocycles. The van der Waals surface area contributed by atoms with Gasteiger partial charge in [-0.15, -0.1) is 0 Å². The number of carbonyl (C=O) groups is 2. The Morgan fingerprint density at radius 1 is 1.04 bits per heavy atom. The topological polar surface area (TPSA) is 46.6 Å². The summed E-state index contributed by atoms with van der Waals surface area (Å²) in [5.41, 5.74) is 2.37. The molecule has 2 aromatic rings. The molecule has 1 heterocycles. The molecular weight excluding hydrogens is 338 g/mol. The van der Waals surface area contributed by atoms with Gasteiger partial charge in [-0.25, -0.2) is 9.69 Å². The predicted octanol–water partition coefficient (Wildman–Crippen LogP) is 4.48. The van der Waals surface area contributed by atoms with E-state index in [1.54, 1.807) is 0 Å². The van der Waals surface area contributed by atoms with Crippen LogP contribution in [0, 0.1) is 11.8 Å². The minimum absolute atomic E-state index is 0.127. The summed E-state index contributed by atoms with van der Waals surface area (Å²) < 4.78 is 5.19. The van der Waals surface area contributed by atoms with E-state index >= 15 is 0 Å². The number of amides is 2. The molecule has 27 heavy (non-hydrogen) atoms. The highest BCUT2D eigenvalue weighted by atomic mass is 16.6. The number of nitrogens with zero attached hydrogens (tertiary/aromatic N) is 1. The minimum atomic E-state index is -0.511. The van der Waals surface area contributed by atoms with Crippen LogP contribution in [0.15, 0.2) is 60.7 Å². The zero-order valence-corrected chi connectivity index (χ0v) is 16.0. The zero-order valence-electron chi connectivity index (χ0n) is 16.0. The van der Waals surface area contributed by atoms with Gasteiger partial charge >= 0.3 is 6.09 Å². The van der Waals surface area contributed by atoms with E-state index in [0.717, 1.165) is 18.4 Å². The number of hydrogen-bond acceptors (Lipinski definition) is 3. The van der Waals surface area contributed by atoms with Gasteiger partial charge in [0.05, 0.1) is 6.04 Å². The Hall–Kier alpha value is -2.62. The third-order valence-electron chi connectivity index (χ3n) is 5.12. The number of carbonyl (C=O) groups excluding carboxylic acids is 2. The predicted molar refractivity (Wildman–Crippen MR) is 105 cm³/mol. The van der Waals surface area contributed by atoms with Crippen molar-refractivity contribution in [2.24, 2.45) is 11.8 Å². The molecule has 4 nitrogen and oxygen atoms in total. The Morgan fingerprint density at radius 3 is 2.26 bits per heavy atom. The molecule has 0 N–H and O–H groups in total. The molecule has 3 rings (SSSR count). The molecule has 2 amide bonds. The molecule has 0 spiro atoms. The van der Waals surface area contributed by atoms with Crippen LogP contribution in [0.2, 0.25) is 0 Å². The molecule has 0 unspecified atom stereocenters. The van der Waals surface area contributed by atoms with Crippen LogP contribution >= 0.6 is 0 Å². The van der Waals surface area contributed by atoms with Crippen LogP contribution < -0.4 is 0 Å². The summed E-state index contributed by atoms with van der Waals surface area (Å²) in [4.78, 5) is 26.5. The fraction of sp³-hybridized carbons (Fsp3) is 0.391. The van der Waals surface area contributed by atoms with E-state index in [1.165, 1.54) is 10.5 Å².